The molecule has 1 aromatic carbocycles. The predicted molar refractivity (Wildman–Crippen MR) is 139 cm³/mol. The molecule has 0 atom stereocenters. The topological polar surface area (TPSA) is 80.7 Å². The fourth-order valence-corrected chi connectivity index (χ4v) is 3.77. The van der Waals surface area contributed by atoms with Crippen LogP contribution in [0.4, 0.5) is 0 Å². The van der Waals surface area contributed by atoms with Crippen LogP contribution in [0.3, 0.4) is 0 Å². The largest absolute Gasteiger partial charge is 0.493 e. The van der Waals surface area contributed by atoms with Crippen molar-refractivity contribution >= 4 is 29.9 Å². The van der Waals surface area contributed by atoms with E-state index in [4.69, 9.17) is 18.9 Å². The number of nitrogens with one attached hydrogen (secondary N) is 1. The lowest BCUT2D eigenvalue weighted by Crippen LogP contribution is -2.52. The number of hydrogen-bond acceptors (Lipinski definition) is 7. The second-order valence-electron chi connectivity index (χ2n) is 7.37. The third kappa shape index (κ3) is 7.00. The molecule has 0 aliphatic carbocycles. The van der Waals surface area contributed by atoms with Crippen molar-refractivity contribution in [2.24, 2.45) is 4.99 Å². The Morgan fingerprint density at radius 1 is 0.970 bits per heavy atom. The Kier molecular flexibility index (Phi) is 10.8. The van der Waals surface area contributed by atoms with Gasteiger partial charge in [0.1, 0.15) is 0 Å². The highest BCUT2D eigenvalue weighted by atomic mass is 127. The second-order valence-corrected chi connectivity index (χ2v) is 7.37. The summed E-state index contributed by atoms with van der Waals surface area (Å²) < 4.78 is 21.6. The lowest BCUT2D eigenvalue weighted by Gasteiger charge is -2.36. The number of piperazine rings is 1. The molecule has 3 rings (SSSR count). The Bertz CT molecular complexity index is 894. The van der Waals surface area contributed by atoms with Gasteiger partial charge in [-0.1, -0.05) is 6.07 Å². The zero-order valence-corrected chi connectivity index (χ0v) is 22.3. The molecule has 1 aliphatic heterocycles. The van der Waals surface area contributed by atoms with Crippen LogP contribution in [0.25, 0.3) is 0 Å². The van der Waals surface area contributed by atoms with Gasteiger partial charge in [0.15, 0.2) is 17.5 Å². The van der Waals surface area contributed by atoms with E-state index in [-0.39, 0.29) is 24.0 Å². The molecular formula is C23H34IN5O4. The number of halogens is 1. The van der Waals surface area contributed by atoms with Crippen LogP contribution in [-0.2, 0) is 13.1 Å². The first-order valence-corrected chi connectivity index (χ1v) is 10.6. The van der Waals surface area contributed by atoms with E-state index in [2.05, 4.69) is 25.1 Å². The Labute approximate surface area is 213 Å². The van der Waals surface area contributed by atoms with Gasteiger partial charge in [-0.2, -0.15) is 0 Å². The molecule has 9 nitrogen and oxygen atoms in total. The van der Waals surface area contributed by atoms with Crippen molar-refractivity contribution in [1.29, 1.82) is 0 Å². The van der Waals surface area contributed by atoms with E-state index in [1.807, 2.05) is 37.4 Å². The van der Waals surface area contributed by atoms with Crippen LogP contribution in [0, 0.1) is 0 Å². The Morgan fingerprint density at radius 3 is 2.18 bits per heavy atom. The summed E-state index contributed by atoms with van der Waals surface area (Å²) in [6, 6.07) is 9.77. The van der Waals surface area contributed by atoms with Gasteiger partial charge in [0, 0.05) is 45.8 Å². The van der Waals surface area contributed by atoms with Crippen molar-refractivity contribution in [2.45, 2.75) is 13.1 Å². The van der Waals surface area contributed by atoms with E-state index in [0.29, 0.717) is 29.7 Å². The van der Waals surface area contributed by atoms with Gasteiger partial charge in [0.2, 0.25) is 11.6 Å². The van der Waals surface area contributed by atoms with Gasteiger partial charge in [-0.25, -0.2) is 4.98 Å². The molecule has 1 fully saturated rings. The maximum absolute atomic E-state index is 5.48. The number of methoxy groups -OCH3 is 4. The summed E-state index contributed by atoms with van der Waals surface area (Å²) in [5, 5.41) is 3.41. The summed E-state index contributed by atoms with van der Waals surface area (Å²) in [4.78, 5) is 13.6. The van der Waals surface area contributed by atoms with Gasteiger partial charge >= 0.3 is 0 Å². The monoisotopic (exact) mass is 571 g/mol. The molecule has 0 radical (unpaired) electrons. The molecule has 0 saturated carbocycles. The Hall–Kier alpha value is -2.47. The van der Waals surface area contributed by atoms with Gasteiger partial charge in [-0.15, -0.1) is 24.0 Å². The average molecular weight is 571 g/mol. The van der Waals surface area contributed by atoms with Crippen molar-refractivity contribution in [2.75, 3.05) is 61.7 Å². The number of rotatable bonds is 8. The maximum Gasteiger partial charge on any atom is 0.213 e. The summed E-state index contributed by atoms with van der Waals surface area (Å²) in [5.41, 5.74) is 2.03. The van der Waals surface area contributed by atoms with Crippen molar-refractivity contribution in [3.05, 3.63) is 41.6 Å². The van der Waals surface area contributed by atoms with Crippen molar-refractivity contribution < 1.29 is 18.9 Å². The first-order valence-electron chi connectivity index (χ1n) is 10.6. The van der Waals surface area contributed by atoms with Crippen LogP contribution in [0.2, 0.25) is 0 Å². The molecule has 0 spiro atoms. The van der Waals surface area contributed by atoms with Gasteiger partial charge in [-0.3, -0.25) is 9.89 Å². The molecular weight excluding hydrogens is 537 g/mol. The smallest absolute Gasteiger partial charge is 0.213 e. The molecule has 33 heavy (non-hydrogen) atoms. The molecule has 0 unspecified atom stereocenters. The minimum absolute atomic E-state index is 0. The number of guanidine groups is 1. The Balaban J connectivity index is 0.00000385. The van der Waals surface area contributed by atoms with Gasteiger partial charge < -0.3 is 29.2 Å². The number of nitrogens with zero attached hydrogens (tertiary/aromatic N) is 4. The minimum Gasteiger partial charge on any atom is -0.493 e. The fourth-order valence-electron chi connectivity index (χ4n) is 3.77. The van der Waals surface area contributed by atoms with Crippen LogP contribution >= 0.6 is 24.0 Å². The normalized spacial score (nSPS) is 14.3. The number of hydrogen-bond donors (Lipinski definition) is 1. The lowest BCUT2D eigenvalue weighted by atomic mass is 10.1. The molecule has 2 heterocycles. The first kappa shape index (κ1) is 26.8. The molecule has 1 aromatic heterocycles. The highest BCUT2D eigenvalue weighted by Gasteiger charge is 2.21. The molecule has 2 aromatic rings. The van der Waals surface area contributed by atoms with Crippen LogP contribution in [0.15, 0.2) is 35.3 Å². The number of pyridine rings is 1. The zero-order valence-electron chi connectivity index (χ0n) is 20.0. The minimum atomic E-state index is 0. The lowest BCUT2D eigenvalue weighted by molar-refractivity contribution is 0.172. The molecule has 10 heteroatoms. The maximum atomic E-state index is 5.48. The first-order chi connectivity index (χ1) is 15.6. The van der Waals surface area contributed by atoms with Crippen molar-refractivity contribution in [3.8, 4) is 23.1 Å². The van der Waals surface area contributed by atoms with Crippen LogP contribution < -0.4 is 24.3 Å². The number of aliphatic imine (C=N–C) groups is 1. The quantitative estimate of drug-likeness (QED) is 0.295. The van der Waals surface area contributed by atoms with Crippen molar-refractivity contribution in [1.82, 2.24) is 20.1 Å². The van der Waals surface area contributed by atoms with Crippen molar-refractivity contribution in [3.63, 3.8) is 0 Å². The summed E-state index contributed by atoms with van der Waals surface area (Å²) in [7, 11) is 8.32. The number of ether oxygens (including phenoxy) is 4. The Morgan fingerprint density at radius 2 is 1.64 bits per heavy atom. The van der Waals surface area contributed by atoms with E-state index in [1.54, 1.807) is 28.4 Å². The third-order valence-electron chi connectivity index (χ3n) is 5.43. The summed E-state index contributed by atoms with van der Waals surface area (Å²) >= 11 is 0. The van der Waals surface area contributed by atoms with Crippen LogP contribution in [0.5, 0.6) is 23.1 Å². The second kappa shape index (κ2) is 13.3. The molecule has 0 amide bonds. The SMILES string of the molecule is CN=C(NCc1cccc(OC)n1)N1CCN(Cc2cc(OC)c(OC)c(OC)c2)CC1.I. The molecule has 1 saturated heterocycles. The van der Waals surface area contributed by atoms with E-state index >= 15 is 0 Å². The highest BCUT2D eigenvalue weighted by molar-refractivity contribution is 14.0. The summed E-state index contributed by atoms with van der Waals surface area (Å²) in [6.45, 7) is 5.02. The van der Waals surface area contributed by atoms with E-state index in [9.17, 15) is 0 Å². The molecule has 1 aliphatic rings. The van der Waals surface area contributed by atoms with Gasteiger partial charge in [0.25, 0.3) is 0 Å². The standard InChI is InChI=1S/C23H33N5O4.HI/c1-24-23(25-15-18-7-6-8-21(26-18)31-4)28-11-9-27(10-12-28)16-17-13-19(29-2)22(32-5)20(14-17)30-3;/h6-8,13-14H,9-12,15-16H2,1-5H3,(H,24,25);1H. The van der Waals surface area contributed by atoms with E-state index in [0.717, 1.165) is 49.9 Å². The third-order valence-corrected chi connectivity index (χ3v) is 5.43. The zero-order chi connectivity index (χ0) is 22.9. The summed E-state index contributed by atoms with van der Waals surface area (Å²) in [5.74, 6) is 3.46. The number of aromatic nitrogens is 1. The highest BCUT2D eigenvalue weighted by Crippen LogP contribution is 2.38. The molecule has 182 valence electrons. The van der Waals surface area contributed by atoms with Crippen LogP contribution in [0.1, 0.15) is 11.3 Å². The molecule has 1 N–H and O–H groups in total. The fraction of sp³-hybridized carbons (Fsp3) is 0.478. The molecule has 0 bridgehead atoms. The number of benzene rings is 1. The van der Waals surface area contributed by atoms with E-state index < -0.39 is 0 Å². The van der Waals surface area contributed by atoms with Gasteiger partial charge in [-0.05, 0) is 23.8 Å². The average Bonchev–Trinajstić information content (AvgIpc) is 2.84. The van der Waals surface area contributed by atoms with E-state index in [1.165, 1.54) is 0 Å². The summed E-state index contributed by atoms with van der Waals surface area (Å²) in [6.07, 6.45) is 0. The van der Waals surface area contributed by atoms with Gasteiger partial charge in [0.05, 0.1) is 40.7 Å². The van der Waals surface area contributed by atoms with Crippen LogP contribution in [-0.4, -0.2) is 82.4 Å². The predicted octanol–water partition coefficient (Wildman–Crippen LogP) is 2.63.